The molecule has 1 fully saturated rings. The molecule has 0 bridgehead atoms. The molecule has 6 heteroatoms. The summed E-state index contributed by atoms with van der Waals surface area (Å²) in [5.74, 6) is -0.110. The van der Waals surface area contributed by atoms with Crippen LogP contribution >= 0.6 is 0 Å². The average Bonchev–Trinajstić information content (AvgIpc) is 2.33. The van der Waals surface area contributed by atoms with Crippen molar-refractivity contribution in [2.75, 3.05) is 33.4 Å². The Morgan fingerprint density at radius 3 is 2.62 bits per heavy atom. The molecule has 2 heterocycles. The number of carbonyl (C=O) groups is 2. The van der Waals surface area contributed by atoms with Gasteiger partial charge in [-0.3, -0.25) is 9.59 Å². The zero-order chi connectivity index (χ0) is 11.5. The highest BCUT2D eigenvalue weighted by atomic mass is 16.5. The highest BCUT2D eigenvalue weighted by Gasteiger charge is 2.26. The Morgan fingerprint density at radius 2 is 2.00 bits per heavy atom. The van der Waals surface area contributed by atoms with Crippen LogP contribution in [0.25, 0.3) is 0 Å². The molecule has 6 nitrogen and oxygen atoms in total. The van der Waals surface area contributed by atoms with Gasteiger partial charge in [-0.1, -0.05) is 0 Å². The molecule has 0 aromatic carbocycles. The van der Waals surface area contributed by atoms with Crippen LogP contribution in [-0.2, 0) is 14.3 Å². The molecule has 16 heavy (non-hydrogen) atoms. The summed E-state index contributed by atoms with van der Waals surface area (Å²) in [5.41, 5.74) is 0.476. The first kappa shape index (κ1) is 11.1. The third-order valence-electron chi connectivity index (χ3n) is 2.75. The third-order valence-corrected chi connectivity index (χ3v) is 2.75. The van der Waals surface area contributed by atoms with Gasteiger partial charge in [0.2, 0.25) is 5.91 Å². The zero-order valence-corrected chi connectivity index (χ0v) is 9.31. The second-order valence-corrected chi connectivity index (χ2v) is 3.87. The molecule has 88 valence electrons. The predicted molar refractivity (Wildman–Crippen MR) is 56.8 cm³/mol. The molecular formula is C10H15N3O3. The van der Waals surface area contributed by atoms with Crippen molar-refractivity contribution >= 4 is 17.5 Å². The van der Waals surface area contributed by atoms with E-state index in [1.54, 1.807) is 11.9 Å². The molecule has 1 saturated heterocycles. The van der Waals surface area contributed by atoms with Gasteiger partial charge in [0.05, 0.1) is 13.2 Å². The van der Waals surface area contributed by atoms with Gasteiger partial charge in [0.1, 0.15) is 5.71 Å². The molecule has 0 atom stereocenters. The Hall–Kier alpha value is -1.43. The smallest absolute Gasteiger partial charge is 0.270 e. The minimum atomic E-state index is -0.0670. The van der Waals surface area contributed by atoms with Gasteiger partial charge >= 0.3 is 0 Å². The fraction of sp³-hybridized carbons (Fsp3) is 0.700. The van der Waals surface area contributed by atoms with Crippen molar-refractivity contribution in [2.45, 2.75) is 12.8 Å². The molecule has 0 aliphatic carbocycles. The number of hydrogen-bond acceptors (Lipinski definition) is 4. The highest BCUT2D eigenvalue weighted by Crippen LogP contribution is 2.10. The van der Waals surface area contributed by atoms with Gasteiger partial charge in [0.15, 0.2) is 0 Å². The lowest BCUT2D eigenvalue weighted by atomic mass is 10.1. The molecule has 0 spiro atoms. The topological polar surface area (TPSA) is 62.2 Å². The average molecular weight is 225 g/mol. The second kappa shape index (κ2) is 4.61. The maximum atomic E-state index is 12.0. The fourth-order valence-electron chi connectivity index (χ4n) is 1.77. The third kappa shape index (κ3) is 2.21. The molecular weight excluding hydrogens is 210 g/mol. The molecule has 2 rings (SSSR count). The lowest BCUT2D eigenvalue weighted by Gasteiger charge is -2.28. The molecule has 0 saturated carbocycles. The maximum Gasteiger partial charge on any atom is 0.270 e. The van der Waals surface area contributed by atoms with Crippen molar-refractivity contribution < 1.29 is 14.3 Å². The number of carbonyl (C=O) groups excluding carboxylic acids is 2. The van der Waals surface area contributed by atoms with E-state index in [9.17, 15) is 9.59 Å². The monoisotopic (exact) mass is 225 g/mol. The molecule has 0 aromatic heterocycles. The van der Waals surface area contributed by atoms with E-state index in [-0.39, 0.29) is 11.8 Å². The summed E-state index contributed by atoms with van der Waals surface area (Å²) in [5, 5.41) is 5.25. The van der Waals surface area contributed by atoms with Crippen LogP contribution < -0.4 is 0 Å². The van der Waals surface area contributed by atoms with E-state index in [4.69, 9.17) is 4.74 Å². The van der Waals surface area contributed by atoms with Crippen molar-refractivity contribution in [2.24, 2.45) is 5.10 Å². The molecule has 2 aliphatic rings. The van der Waals surface area contributed by atoms with E-state index < -0.39 is 0 Å². The number of rotatable bonds is 1. The summed E-state index contributed by atoms with van der Waals surface area (Å²) >= 11 is 0. The Labute approximate surface area is 93.8 Å². The summed E-state index contributed by atoms with van der Waals surface area (Å²) in [7, 11) is 1.58. The lowest BCUT2D eigenvalue weighted by Crippen LogP contribution is -2.45. The number of nitrogens with zero attached hydrogens (tertiary/aromatic N) is 3. The first-order valence-corrected chi connectivity index (χ1v) is 5.39. The number of morpholine rings is 1. The second-order valence-electron chi connectivity index (χ2n) is 3.87. The van der Waals surface area contributed by atoms with Gasteiger partial charge in [-0.05, 0) is 0 Å². The van der Waals surface area contributed by atoms with Crippen molar-refractivity contribution in [1.29, 1.82) is 0 Å². The van der Waals surface area contributed by atoms with E-state index in [1.807, 2.05) is 0 Å². The van der Waals surface area contributed by atoms with Crippen molar-refractivity contribution in [3.63, 3.8) is 0 Å². The Bertz CT molecular complexity index is 334. The molecule has 0 radical (unpaired) electrons. The number of ether oxygens (including phenoxy) is 1. The first-order chi connectivity index (χ1) is 7.68. The van der Waals surface area contributed by atoms with Gasteiger partial charge in [-0.25, -0.2) is 5.01 Å². The quantitative estimate of drug-likeness (QED) is 0.601. The van der Waals surface area contributed by atoms with Crippen LogP contribution in [-0.4, -0.2) is 60.8 Å². The standard InChI is InChI=1S/C10H15N3O3/c1-12-9(14)3-2-8(11-12)10(15)13-4-6-16-7-5-13/h2-7H2,1H3. The van der Waals surface area contributed by atoms with Crippen molar-refractivity contribution in [3.05, 3.63) is 0 Å². The Morgan fingerprint density at radius 1 is 1.31 bits per heavy atom. The zero-order valence-electron chi connectivity index (χ0n) is 9.31. The van der Waals surface area contributed by atoms with E-state index in [0.717, 1.165) is 0 Å². The minimum absolute atomic E-state index is 0.0430. The van der Waals surface area contributed by atoms with E-state index in [1.165, 1.54) is 5.01 Å². The number of amides is 2. The molecule has 0 N–H and O–H groups in total. The lowest BCUT2D eigenvalue weighted by molar-refractivity contribution is -0.131. The summed E-state index contributed by atoms with van der Waals surface area (Å²) in [6.07, 6.45) is 0.810. The summed E-state index contributed by atoms with van der Waals surface area (Å²) in [6, 6.07) is 0. The fourth-order valence-corrected chi connectivity index (χ4v) is 1.77. The van der Waals surface area contributed by atoms with Gasteiger partial charge in [0, 0.05) is 33.0 Å². The molecule has 2 amide bonds. The molecule has 2 aliphatic heterocycles. The first-order valence-electron chi connectivity index (χ1n) is 5.39. The number of hydrogen-bond donors (Lipinski definition) is 0. The Kier molecular flexibility index (Phi) is 3.19. The molecule has 0 unspecified atom stereocenters. The van der Waals surface area contributed by atoms with Crippen LogP contribution in [0.1, 0.15) is 12.8 Å². The summed E-state index contributed by atoms with van der Waals surface area (Å²) in [6.45, 7) is 2.37. The van der Waals surface area contributed by atoms with Crippen LogP contribution in [0.3, 0.4) is 0 Å². The van der Waals surface area contributed by atoms with E-state index in [2.05, 4.69) is 5.10 Å². The summed E-state index contributed by atoms with van der Waals surface area (Å²) in [4.78, 5) is 24.9. The van der Waals surface area contributed by atoms with Crippen molar-refractivity contribution in [3.8, 4) is 0 Å². The van der Waals surface area contributed by atoms with Crippen LogP contribution in [0.4, 0.5) is 0 Å². The van der Waals surface area contributed by atoms with E-state index in [0.29, 0.717) is 44.9 Å². The normalized spacial score (nSPS) is 22.1. The SMILES string of the molecule is CN1N=C(C(=O)N2CCOCC2)CCC1=O. The van der Waals surface area contributed by atoms with Gasteiger partial charge < -0.3 is 9.64 Å². The number of hydrazone groups is 1. The van der Waals surface area contributed by atoms with Gasteiger partial charge in [-0.2, -0.15) is 5.10 Å². The van der Waals surface area contributed by atoms with E-state index >= 15 is 0 Å². The predicted octanol–water partition coefficient (Wildman–Crippen LogP) is -0.547. The highest BCUT2D eigenvalue weighted by molar-refractivity contribution is 6.39. The van der Waals surface area contributed by atoms with Gasteiger partial charge in [-0.15, -0.1) is 0 Å². The maximum absolute atomic E-state index is 12.0. The summed E-state index contributed by atoms with van der Waals surface area (Å²) < 4.78 is 5.18. The van der Waals surface area contributed by atoms with Crippen LogP contribution in [0.15, 0.2) is 5.10 Å². The minimum Gasteiger partial charge on any atom is -0.378 e. The van der Waals surface area contributed by atoms with Crippen LogP contribution in [0.2, 0.25) is 0 Å². The van der Waals surface area contributed by atoms with Crippen LogP contribution in [0, 0.1) is 0 Å². The Balaban J connectivity index is 2.04. The molecule has 0 aromatic rings. The van der Waals surface area contributed by atoms with Crippen LogP contribution in [0.5, 0.6) is 0 Å². The van der Waals surface area contributed by atoms with Crippen molar-refractivity contribution in [1.82, 2.24) is 9.91 Å². The largest absolute Gasteiger partial charge is 0.378 e. The van der Waals surface area contributed by atoms with Gasteiger partial charge in [0.25, 0.3) is 5.91 Å².